The molecule has 0 saturated heterocycles. The molecule has 5 nitrogen and oxygen atoms in total. The Hall–Kier alpha value is -1.76. The van der Waals surface area contributed by atoms with Crippen LogP contribution in [0.2, 0.25) is 5.02 Å². The zero-order valence-corrected chi connectivity index (χ0v) is 16.3. The fraction of sp³-hybridized carbons (Fsp3) is 0.278. The lowest BCUT2D eigenvalue weighted by Crippen LogP contribution is -2.33. The number of aliphatic hydroxyl groups excluding tert-OH is 1. The van der Waals surface area contributed by atoms with E-state index in [9.17, 15) is 9.90 Å². The summed E-state index contributed by atoms with van der Waals surface area (Å²) in [5.41, 5.74) is 1.14. The summed E-state index contributed by atoms with van der Waals surface area (Å²) < 4.78 is 11.4. The van der Waals surface area contributed by atoms with Gasteiger partial charge in [-0.05, 0) is 36.4 Å². The molecule has 2 aromatic rings. The van der Waals surface area contributed by atoms with E-state index >= 15 is 0 Å². The molecule has 0 saturated carbocycles. The second-order valence-corrected chi connectivity index (χ2v) is 6.58. The van der Waals surface area contributed by atoms with Gasteiger partial charge in [0.2, 0.25) is 0 Å². The fourth-order valence-corrected chi connectivity index (χ4v) is 2.98. The Kier molecular flexibility index (Phi) is 7.11. The third-order valence-electron chi connectivity index (χ3n) is 3.66. The molecule has 0 fully saturated rings. The van der Waals surface area contributed by atoms with Crippen LogP contribution < -0.4 is 9.47 Å². The van der Waals surface area contributed by atoms with Crippen molar-refractivity contribution in [1.82, 2.24) is 4.90 Å². The summed E-state index contributed by atoms with van der Waals surface area (Å²) in [5.74, 6) is 1.02. The van der Waals surface area contributed by atoms with E-state index in [0.29, 0.717) is 22.1 Å². The summed E-state index contributed by atoms with van der Waals surface area (Å²) in [6.07, 6.45) is 0. The van der Waals surface area contributed by atoms with Gasteiger partial charge in [-0.2, -0.15) is 0 Å². The van der Waals surface area contributed by atoms with Crippen LogP contribution in [0.15, 0.2) is 40.9 Å². The summed E-state index contributed by atoms with van der Waals surface area (Å²) >= 11 is 9.51. The van der Waals surface area contributed by atoms with E-state index in [1.165, 1.54) is 4.90 Å². The number of nitrogens with zero attached hydrogens (tertiary/aromatic N) is 1. The minimum atomic E-state index is -0.273. The lowest BCUT2D eigenvalue weighted by Gasteiger charge is -2.24. The second-order valence-electron chi connectivity index (χ2n) is 5.25. The third kappa shape index (κ3) is 4.87. The number of methoxy groups -OCH3 is 2. The molecule has 0 atom stereocenters. The van der Waals surface area contributed by atoms with Crippen molar-refractivity contribution in [2.75, 3.05) is 27.4 Å². The highest BCUT2D eigenvalue weighted by Crippen LogP contribution is 2.27. The van der Waals surface area contributed by atoms with Gasteiger partial charge in [-0.3, -0.25) is 4.79 Å². The normalized spacial score (nSPS) is 10.4. The van der Waals surface area contributed by atoms with Gasteiger partial charge in [0.25, 0.3) is 5.91 Å². The Balaban J connectivity index is 2.35. The smallest absolute Gasteiger partial charge is 0.255 e. The largest absolute Gasteiger partial charge is 0.497 e. The highest BCUT2D eigenvalue weighted by Gasteiger charge is 2.20. The van der Waals surface area contributed by atoms with E-state index in [2.05, 4.69) is 15.9 Å². The van der Waals surface area contributed by atoms with Crippen LogP contribution in [-0.2, 0) is 6.54 Å². The van der Waals surface area contributed by atoms with E-state index in [4.69, 9.17) is 21.1 Å². The Bertz CT molecular complexity index is 754. The van der Waals surface area contributed by atoms with E-state index in [1.54, 1.807) is 50.6 Å². The molecule has 1 amide bonds. The number of hydrogen-bond acceptors (Lipinski definition) is 4. The predicted octanol–water partition coefficient (Wildman–Crippen LogP) is 3.75. The number of hydrogen-bond donors (Lipinski definition) is 1. The molecule has 0 radical (unpaired) electrons. The molecule has 0 spiro atoms. The second kappa shape index (κ2) is 9.08. The van der Waals surface area contributed by atoms with Gasteiger partial charge >= 0.3 is 0 Å². The van der Waals surface area contributed by atoms with Gasteiger partial charge in [-0.1, -0.05) is 27.5 Å². The molecular weight excluding hydrogens is 410 g/mol. The molecule has 25 heavy (non-hydrogen) atoms. The van der Waals surface area contributed by atoms with Crippen molar-refractivity contribution in [3.8, 4) is 11.5 Å². The van der Waals surface area contributed by atoms with Gasteiger partial charge in [-0.15, -0.1) is 0 Å². The Labute approximate surface area is 160 Å². The van der Waals surface area contributed by atoms with Crippen molar-refractivity contribution in [3.63, 3.8) is 0 Å². The maximum Gasteiger partial charge on any atom is 0.255 e. The summed E-state index contributed by atoms with van der Waals surface area (Å²) in [5, 5.41) is 9.72. The van der Waals surface area contributed by atoms with Gasteiger partial charge < -0.3 is 19.5 Å². The highest BCUT2D eigenvalue weighted by atomic mass is 79.9. The van der Waals surface area contributed by atoms with Gasteiger partial charge in [0.05, 0.1) is 31.4 Å². The quantitative estimate of drug-likeness (QED) is 0.729. The Morgan fingerprint density at radius 2 is 1.96 bits per heavy atom. The standard InChI is InChI=1S/C18H19BrClNO4/c1-24-14-4-6-17(25-2)12(9-14)11-21(7-8-22)18(23)15-10-13(19)3-5-16(15)20/h3-6,9-10,22H,7-8,11H2,1-2H3. The van der Waals surface area contributed by atoms with Crippen molar-refractivity contribution in [1.29, 1.82) is 0 Å². The van der Waals surface area contributed by atoms with Gasteiger partial charge in [-0.25, -0.2) is 0 Å². The molecular formula is C18H19BrClNO4. The molecule has 0 aliphatic heterocycles. The van der Waals surface area contributed by atoms with Gasteiger partial charge in [0.1, 0.15) is 11.5 Å². The van der Waals surface area contributed by atoms with Crippen molar-refractivity contribution in [3.05, 3.63) is 57.0 Å². The Morgan fingerprint density at radius 3 is 2.60 bits per heavy atom. The Morgan fingerprint density at radius 1 is 1.20 bits per heavy atom. The molecule has 0 unspecified atom stereocenters. The molecule has 0 heterocycles. The van der Waals surface area contributed by atoms with E-state index < -0.39 is 0 Å². The van der Waals surface area contributed by atoms with E-state index in [1.807, 2.05) is 0 Å². The first kappa shape index (κ1) is 19.6. The number of carbonyl (C=O) groups is 1. The van der Waals surface area contributed by atoms with Gasteiger partial charge in [0, 0.05) is 23.1 Å². The lowest BCUT2D eigenvalue weighted by molar-refractivity contribution is 0.0706. The van der Waals surface area contributed by atoms with Crippen molar-refractivity contribution in [2.24, 2.45) is 0 Å². The first-order valence-corrected chi connectivity index (χ1v) is 8.73. The highest BCUT2D eigenvalue weighted by molar-refractivity contribution is 9.10. The first-order chi connectivity index (χ1) is 12.0. The average molecular weight is 429 g/mol. The maximum absolute atomic E-state index is 12.9. The predicted molar refractivity (Wildman–Crippen MR) is 101 cm³/mol. The zero-order chi connectivity index (χ0) is 18.4. The molecule has 0 aliphatic rings. The number of amides is 1. The number of carbonyl (C=O) groups excluding carboxylic acids is 1. The van der Waals surface area contributed by atoms with Crippen LogP contribution >= 0.6 is 27.5 Å². The van der Waals surface area contributed by atoms with Crippen LogP contribution in [0.25, 0.3) is 0 Å². The molecule has 7 heteroatoms. The summed E-state index contributed by atoms with van der Waals surface area (Å²) in [6, 6.07) is 10.5. The minimum absolute atomic E-state index is 0.163. The average Bonchev–Trinajstić information content (AvgIpc) is 2.62. The molecule has 2 rings (SSSR count). The number of rotatable bonds is 7. The van der Waals surface area contributed by atoms with Crippen molar-refractivity contribution in [2.45, 2.75) is 6.54 Å². The lowest BCUT2D eigenvalue weighted by atomic mass is 10.1. The number of halogens is 2. The van der Waals surface area contributed by atoms with Crippen LogP contribution in [0.1, 0.15) is 15.9 Å². The van der Waals surface area contributed by atoms with Gasteiger partial charge in [0.15, 0.2) is 0 Å². The monoisotopic (exact) mass is 427 g/mol. The molecule has 0 bridgehead atoms. The third-order valence-corrected chi connectivity index (χ3v) is 4.49. The molecule has 2 aromatic carbocycles. The summed E-state index contributed by atoms with van der Waals surface area (Å²) in [4.78, 5) is 14.4. The van der Waals surface area contributed by atoms with Crippen molar-refractivity contribution >= 4 is 33.4 Å². The van der Waals surface area contributed by atoms with Crippen molar-refractivity contribution < 1.29 is 19.4 Å². The summed E-state index contributed by atoms with van der Waals surface area (Å²) in [7, 11) is 3.14. The van der Waals surface area contributed by atoms with Crippen LogP contribution in [0.4, 0.5) is 0 Å². The van der Waals surface area contributed by atoms with E-state index in [-0.39, 0.29) is 25.6 Å². The van der Waals surface area contributed by atoms with E-state index in [0.717, 1.165) is 10.0 Å². The molecule has 1 N–H and O–H groups in total. The zero-order valence-electron chi connectivity index (χ0n) is 14.0. The SMILES string of the molecule is COc1ccc(OC)c(CN(CCO)C(=O)c2cc(Br)ccc2Cl)c1. The fourth-order valence-electron chi connectivity index (χ4n) is 2.42. The van der Waals surface area contributed by atoms with Crippen LogP contribution in [0.3, 0.4) is 0 Å². The molecule has 0 aliphatic carbocycles. The number of aliphatic hydroxyl groups is 1. The van der Waals surface area contributed by atoms with Crippen LogP contribution in [0, 0.1) is 0 Å². The molecule has 134 valence electrons. The molecule has 0 aromatic heterocycles. The van der Waals surface area contributed by atoms with Crippen LogP contribution in [0.5, 0.6) is 11.5 Å². The minimum Gasteiger partial charge on any atom is -0.497 e. The van der Waals surface area contributed by atoms with Crippen LogP contribution in [-0.4, -0.2) is 43.3 Å². The number of ether oxygens (including phenoxy) is 2. The topological polar surface area (TPSA) is 59.0 Å². The maximum atomic E-state index is 12.9. The first-order valence-electron chi connectivity index (χ1n) is 7.56. The number of benzene rings is 2. The summed E-state index contributed by atoms with van der Waals surface area (Å²) in [6.45, 7) is 0.258.